The zero-order valence-corrected chi connectivity index (χ0v) is 17.4. The number of rotatable bonds is 6. The number of carbonyl (C=O) groups excluding carboxylic acids is 2. The third kappa shape index (κ3) is 5.03. The van der Waals surface area contributed by atoms with E-state index in [9.17, 15) is 9.59 Å². The van der Waals surface area contributed by atoms with E-state index < -0.39 is 6.03 Å². The van der Waals surface area contributed by atoms with E-state index in [-0.39, 0.29) is 5.91 Å². The third-order valence-electron chi connectivity index (χ3n) is 4.23. The predicted octanol–water partition coefficient (Wildman–Crippen LogP) is 4.84. The van der Waals surface area contributed by atoms with Crippen LogP contribution >= 0.6 is 12.8 Å². The van der Waals surface area contributed by atoms with Crippen molar-refractivity contribution in [2.45, 2.75) is 0 Å². The molecule has 0 aromatic heterocycles. The highest BCUT2D eigenvalue weighted by atomic mass is 32.1. The van der Waals surface area contributed by atoms with Crippen LogP contribution in [0.5, 0.6) is 11.5 Å². The molecule has 0 atom stereocenters. The van der Waals surface area contributed by atoms with Crippen LogP contribution in [0.3, 0.4) is 0 Å². The Morgan fingerprint density at radius 1 is 0.833 bits per heavy atom. The lowest BCUT2D eigenvalue weighted by atomic mass is 10.1. The standard InChI is InChI=1S/C22H21N3O4S/c1-28-18-11-9-17(10-12-18)24-22(27)25(30)19-14-15(8-13-20(19)29-2)21(26)23-16-6-4-3-5-7-16/h3-14,30H,1-2H3,(H,23,26)(H,24,27). The van der Waals surface area contributed by atoms with E-state index in [1.807, 2.05) is 18.2 Å². The van der Waals surface area contributed by atoms with Crippen LogP contribution in [0, 0.1) is 0 Å². The molecule has 3 aromatic rings. The number of carbonyl (C=O) groups is 2. The molecule has 8 heteroatoms. The average Bonchev–Trinajstić information content (AvgIpc) is 2.79. The summed E-state index contributed by atoms with van der Waals surface area (Å²) in [5.74, 6) is 0.753. The van der Waals surface area contributed by atoms with Gasteiger partial charge in [0.15, 0.2) is 0 Å². The van der Waals surface area contributed by atoms with Gasteiger partial charge in [-0.1, -0.05) is 31.0 Å². The minimum atomic E-state index is -0.512. The van der Waals surface area contributed by atoms with Crippen LogP contribution in [0.15, 0.2) is 72.8 Å². The molecule has 30 heavy (non-hydrogen) atoms. The second-order valence-corrected chi connectivity index (χ2v) is 6.58. The number of nitrogens with one attached hydrogen (secondary N) is 2. The smallest absolute Gasteiger partial charge is 0.336 e. The van der Waals surface area contributed by atoms with Crippen molar-refractivity contribution in [1.29, 1.82) is 0 Å². The Kier molecular flexibility index (Phi) is 6.82. The monoisotopic (exact) mass is 423 g/mol. The van der Waals surface area contributed by atoms with Gasteiger partial charge in [-0.05, 0) is 54.6 Å². The Bertz CT molecular complexity index is 1030. The number of benzene rings is 3. The summed E-state index contributed by atoms with van der Waals surface area (Å²) in [5, 5.41) is 5.54. The van der Waals surface area contributed by atoms with Crippen LogP contribution in [0.2, 0.25) is 0 Å². The fraction of sp³-hybridized carbons (Fsp3) is 0.0909. The van der Waals surface area contributed by atoms with Gasteiger partial charge in [-0.25, -0.2) is 9.10 Å². The minimum absolute atomic E-state index is 0.317. The van der Waals surface area contributed by atoms with Gasteiger partial charge in [-0.2, -0.15) is 0 Å². The van der Waals surface area contributed by atoms with Crippen molar-refractivity contribution in [3.05, 3.63) is 78.4 Å². The van der Waals surface area contributed by atoms with E-state index in [1.54, 1.807) is 55.6 Å². The zero-order chi connectivity index (χ0) is 21.5. The number of hydrogen-bond donors (Lipinski definition) is 3. The SMILES string of the molecule is COc1ccc(NC(=O)N(S)c2cc(C(=O)Nc3ccccc3)ccc2OC)cc1. The number of methoxy groups -OCH3 is 2. The van der Waals surface area contributed by atoms with Crippen molar-refractivity contribution in [2.24, 2.45) is 0 Å². The van der Waals surface area contributed by atoms with E-state index >= 15 is 0 Å². The second-order valence-electron chi connectivity index (χ2n) is 6.18. The summed E-state index contributed by atoms with van der Waals surface area (Å²) in [6, 6.07) is 20.2. The number of nitrogens with zero attached hydrogens (tertiary/aromatic N) is 1. The van der Waals surface area contributed by atoms with Crippen LogP contribution in [-0.2, 0) is 0 Å². The lowest BCUT2D eigenvalue weighted by molar-refractivity contribution is 0.102. The van der Waals surface area contributed by atoms with E-state index in [0.29, 0.717) is 34.1 Å². The van der Waals surface area contributed by atoms with Gasteiger partial charge in [0.1, 0.15) is 11.5 Å². The summed E-state index contributed by atoms with van der Waals surface area (Å²) < 4.78 is 11.5. The molecule has 2 N–H and O–H groups in total. The van der Waals surface area contributed by atoms with Gasteiger partial charge in [0.05, 0.1) is 19.9 Å². The summed E-state index contributed by atoms with van der Waals surface area (Å²) in [6.45, 7) is 0. The molecule has 0 radical (unpaired) electrons. The second kappa shape index (κ2) is 9.71. The van der Waals surface area contributed by atoms with Crippen molar-refractivity contribution in [1.82, 2.24) is 0 Å². The third-order valence-corrected chi connectivity index (χ3v) is 4.63. The van der Waals surface area contributed by atoms with Crippen molar-refractivity contribution < 1.29 is 19.1 Å². The highest BCUT2D eigenvalue weighted by Crippen LogP contribution is 2.31. The van der Waals surface area contributed by atoms with Crippen molar-refractivity contribution in [3.63, 3.8) is 0 Å². The molecule has 0 unspecified atom stereocenters. The van der Waals surface area contributed by atoms with E-state index in [0.717, 1.165) is 4.31 Å². The summed E-state index contributed by atoms with van der Waals surface area (Å²) in [5.41, 5.74) is 1.91. The quantitative estimate of drug-likeness (QED) is 0.496. The first-order valence-electron chi connectivity index (χ1n) is 9.00. The summed E-state index contributed by atoms with van der Waals surface area (Å²) in [7, 11) is 3.04. The van der Waals surface area contributed by atoms with E-state index in [4.69, 9.17) is 9.47 Å². The van der Waals surface area contributed by atoms with Gasteiger partial charge in [0.25, 0.3) is 5.91 Å². The molecule has 3 rings (SSSR count). The first-order valence-corrected chi connectivity index (χ1v) is 9.40. The number of urea groups is 1. The fourth-order valence-corrected chi connectivity index (χ4v) is 2.89. The van der Waals surface area contributed by atoms with Gasteiger partial charge >= 0.3 is 6.03 Å². The molecule has 0 saturated heterocycles. The predicted molar refractivity (Wildman–Crippen MR) is 121 cm³/mol. The van der Waals surface area contributed by atoms with Crippen LogP contribution in [0.4, 0.5) is 21.9 Å². The molecule has 0 bridgehead atoms. The molecule has 0 aliphatic heterocycles. The highest BCUT2D eigenvalue weighted by Gasteiger charge is 2.19. The summed E-state index contributed by atoms with van der Waals surface area (Å²) in [4.78, 5) is 25.3. The Hall–Kier alpha value is -3.65. The normalized spacial score (nSPS) is 10.1. The summed E-state index contributed by atoms with van der Waals surface area (Å²) >= 11 is 4.31. The highest BCUT2D eigenvalue weighted by molar-refractivity contribution is 7.82. The number of thiol groups is 1. The van der Waals surface area contributed by atoms with Gasteiger partial charge in [0.2, 0.25) is 0 Å². The fourth-order valence-electron chi connectivity index (χ4n) is 2.68. The van der Waals surface area contributed by atoms with Crippen LogP contribution < -0.4 is 24.4 Å². The maximum absolute atomic E-state index is 12.7. The van der Waals surface area contributed by atoms with E-state index in [2.05, 4.69) is 23.4 Å². The number of para-hydroxylation sites is 1. The Balaban J connectivity index is 1.79. The largest absolute Gasteiger partial charge is 0.497 e. The van der Waals surface area contributed by atoms with Gasteiger partial charge < -0.3 is 20.1 Å². The number of anilines is 3. The van der Waals surface area contributed by atoms with Crippen molar-refractivity contribution >= 4 is 41.8 Å². The Labute approximate surface area is 180 Å². The molecule has 154 valence electrons. The molecule has 0 aliphatic carbocycles. The van der Waals surface area contributed by atoms with Crippen LogP contribution in [0.1, 0.15) is 10.4 Å². The first-order chi connectivity index (χ1) is 14.5. The molecular formula is C22H21N3O4S. The molecule has 0 heterocycles. The van der Waals surface area contributed by atoms with Crippen molar-refractivity contribution in [2.75, 3.05) is 29.2 Å². The van der Waals surface area contributed by atoms with Gasteiger partial charge in [-0.3, -0.25) is 4.79 Å². The van der Waals surface area contributed by atoms with Gasteiger partial charge in [0, 0.05) is 16.9 Å². The molecular weight excluding hydrogens is 402 g/mol. The zero-order valence-electron chi connectivity index (χ0n) is 16.5. The molecule has 0 aliphatic rings. The van der Waals surface area contributed by atoms with Crippen LogP contribution in [-0.4, -0.2) is 26.2 Å². The minimum Gasteiger partial charge on any atom is -0.497 e. The maximum atomic E-state index is 12.7. The molecule has 0 fully saturated rings. The molecule has 3 aromatic carbocycles. The maximum Gasteiger partial charge on any atom is 0.336 e. The molecule has 3 amide bonds. The number of ether oxygens (including phenoxy) is 2. The average molecular weight is 423 g/mol. The van der Waals surface area contributed by atoms with Crippen molar-refractivity contribution in [3.8, 4) is 11.5 Å². The Morgan fingerprint density at radius 2 is 1.50 bits per heavy atom. The first kappa shape index (κ1) is 21.1. The van der Waals surface area contributed by atoms with E-state index in [1.165, 1.54) is 13.2 Å². The number of amides is 3. The lowest BCUT2D eigenvalue weighted by Gasteiger charge is -2.20. The molecule has 0 spiro atoms. The van der Waals surface area contributed by atoms with Gasteiger partial charge in [-0.15, -0.1) is 0 Å². The lowest BCUT2D eigenvalue weighted by Crippen LogP contribution is -2.27. The Morgan fingerprint density at radius 3 is 2.13 bits per heavy atom. The molecule has 0 saturated carbocycles. The summed E-state index contributed by atoms with van der Waals surface area (Å²) in [6.07, 6.45) is 0. The molecule has 7 nitrogen and oxygen atoms in total. The number of hydrogen-bond acceptors (Lipinski definition) is 5. The topological polar surface area (TPSA) is 79.9 Å². The van der Waals surface area contributed by atoms with Crippen LogP contribution in [0.25, 0.3) is 0 Å².